The highest BCUT2D eigenvalue weighted by atomic mass is 35.5. The third kappa shape index (κ3) is 4.76. The van der Waals surface area contributed by atoms with E-state index in [1.165, 1.54) is 16.9 Å². The molecule has 2 aromatic carbocycles. The summed E-state index contributed by atoms with van der Waals surface area (Å²) in [5, 5.41) is 5.00. The second-order valence-corrected chi connectivity index (χ2v) is 9.62. The van der Waals surface area contributed by atoms with E-state index in [9.17, 15) is 9.59 Å². The molecule has 3 aromatic rings. The van der Waals surface area contributed by atoms with Crippen molar-refractivity contribution in [3.8, 4) is 5.75 Å². The number of ketones is 1. The molecule has 0 radical (unpaired) electrons. The molecule has 0 unspecified atom stereocenters. The van der Waals surface area contributed by atoms with Crippen molar-refractivity contribution in [1.82, 2.24) is 0 Å². The van der Waals surface area contributed by atoms with Gasteiger partial charge in [-0.25, -0.2) is 0 Å². The quantitative estimate of drug-likeness (QED) is 0.449. The SMILES string of the molecule is COc1ccc2c(c1)C(CC(=O)c1ccc(NC(=O)c3sccc3Cl)cc1)=NC(C)(C)C2. The summed E-state index contributed by atoms with van der Waals surface area (Å²) in [6, 6.07) is 14.5. The van der Waals surface area contributed by atoms with E-state index in [0.29, 0.717) is 21.2 Å². The van der Waals surface area contributed by atoms with Crippen LogP contribution in [0, 0.1) is 0 Å². The number of carbonyl (C=O) groups excluding carboxylic acids is 2. The number of fused-ring (bicyclic) bond motifs is 1. The van der Waals surface area contributed by atoms with E-state index >= 15 is 0 Å². The minimum absolute atomic E-state index is 0.0330. The summed E-state index contributed by atoms with van der Waals surface area (Å²) < 4.78 is 5.37. The molecule has 1 aliphatic rings. The maximum atomic E-state index is 13.0. The molecule has 7 heteroatoms. The molecule has 1 amide bonds. The number of methoxy groups -OCH3 is 1. The number of thiophene rings is 1. The number of nitrogens with zero attached hydrogens (tertiary/aromatic N) is 1. The van der Waals surface area contributed by atoms with Crippen LogP contribution in [0.1, 0.15) is 51.4 Å². The van der Waals surface area contributed by atoms with Gasteiger partial charge in [0.15, 0.2) is 5.78 Å². The summed E-state index contributed by atoms with van der Waals surface area (Å²) in [7, 11) is 1.63. The van der Waals surface area contributed by atoms with Gasteiger partial charge in [0.05, 0.1) is 29.8 Å². The number of Topliss-reactive ketones (excluding diaryl/α,β-unsaturated/α-hetero) is 1. The van der Waals surface area contributed by atoms with E-state index in [0.717, 1.165) is 23.4 Å². The Kier molecular flexibility index (Phi) is 6.17. The molecule has 5 nitrogen and oxygen atoms in total. The monoisotopic (exact) mass is 466 g/mol. The smallest absolute Gasteiger partial charge is 0.267 e. The van der Waals surface area contributed by atoms with Gasteiger partial charge in [0.25, 0.3) is 5.91 Å². The molecule has 0 saturated carbocycles. The second-order valence-electron chi connectivity index (χ2n) is 8.30. The fourth-order valence-electron chi connectivity index (χ4n) is 3.81. The highest BCUT2D eigenvalue weighted by Gasteiger charge is 2.28. The number of nitrogens with one attached hydrogen (secondary N) is 1. The molecule has 0 fully saturated rings. The summed E-state index contributed by atoms with van der Waals surface area (Å²) in [5.74, 6) is 0.442. The molecule has 1 N–H and O–H groups in total. The Labute approximate surface area is 196 Å². The van der Waals surface area contributed by atoms with Crippen LogP contribution >= 0.6 is 22.9 Å². The minimum atomic E-state index is -0.270. The van der Waals surface area contributed by atoms with Gasteiger partial charge in [-0.1, -0.05) is 17.7 Å². The normalized spacial score (nSPS) is 14.3. The Morgan fingerprint density at radius 1 is 1.16 bits per heavy atom. The van der Waals surface area contributed by atoms with E-state index in [-0.39, 0.29) is 23.7 Å². The Hall–Kier alpha value is -2.96. The Balaban J connectivity index is 1.51. The van der Waals surface area contributed by atoms with Gasteiger partial charge in [-0.05, 0) is 73.7 Å². The molecule has 0 atom stereocenters. The minimum Gasteiger partial charge on any atom is -0.497 e. The van der Waals surface area contributed by atoms with Crippen LogP contribution in [0.2, 0.25) is 5.02 Å². The first-order valence-corrected chi connectivity index (χ1v) is 11.4. The molecule has 1 aromatic heterocycles. The Bertz CT molecular complexity index is 1210. The molecule has 0 aliphatic carbocycles. The van der Waals surface area contributed by atoms with Gasteiger partial charge in [-0.3, -0.25) is 14.6 Å². The standard InChI is InChI=1S/C25H23ClN2O3S/c1-25(2)14-16-6-9-18(31-3)12-19(16)21(28-25)13-22(29)15-4-7-17(8-5-15)27-24(30)23-20(26)10-11-32-23/h4-12H,13-14H2,1-3H3,(H,27,30). The lowest BCUT2D eigenvalue weighted by molar-refractivity contribution is 0.0998. The first-order valence-electron chi connectivity index (χ1n) is 10.2. The van der Waals surface area contributed by atoms with Crippen LogP contribution in [0.25, 0.3) is 0 Å². The van der Waals surface area contributed by atoms with E-state index in [2.05, 4.69) is 19.2 Å². The molecular formula is C25H23ClN2O3S. The van der Waals surface area contributed by atoms with E-state index in [1.54, 1.807) is 42.8 Å². The van der Waals surface area contributed by atoms with Gasteiger partial charge in [0.2, 0.25) is 0 Å². The summed E-state index contributed by atoms with van der Waals surface area (Å²) in [5.41, 5.74) is 3.79. The highest BCUT2D eigenvalue weighted by molar-refractivity contribution is 7.12. The summed E-state index contributed by atoms with van der Waals surface area (Å²) in [6.45, 7) is 4.14. The van der Waals surface area contributed by atoms with Crippen molar-refractivity contribution >= 4 is 46.0 Å². The molecule has 0 bridgehead atoms. The van der Waals surface area contributed by atoms with Crippen LogP contribution in [0.15, 0.2) is 58.9 Å². The lowest BCUT2D eigenvalue weighted by Gasteiger charge is -2.29. The van der Waals surface area contributed by atoms with Crippen LogP contribution in [0.4, 0.5) is 5.69 Å². The lowest BCUT2D eigenvalue weighted by atomic mass is 9.85. The van der Waals surface area contributed by atoms with Crippen molar-refractivity contribution in [2.75, 3.05) is 12.4 Å². The van der Waals surface area contributed by atoms with Crippen molar-refractivity contribution in [3.63, 3.8) is 0 Å². The first-order chi connectivity index (χ1) is 15.3. The number of halogens is 1. The van der Waals surface area contributed by atoms with Crippen LogP contribution in [0.5, 0.6) is 5.75 Å². The van der Waals surface area contributed by atoms with E-state index in [1.807, 2.05) is 18.2 Å². The summed E-state index contributed by atoms with van der Waals surface area (Å²) in [6.07, 6.45) is 1.01. The van der Waals surface area contributed by atoms with Gasteiger partial charge in [-0.15, -0.1) is 11.3 Å². The molecule has 0 saturated heterocycles. The number of rotatable bonds is 6. The van der Waals surface area contributed by atoms with Crippen molar-refractivity contribution in [1.29, 1.82) is 0 Å². The van der Waals surface area contributed by atoms with Crippen LogP contribution in [-0.4, -0.2) is 30.1 Å². The number of amides is 1. The molecule has 2 heterocycles. The van der Waals surface area contributed by atoms with Crippen LogP contribution < -0.4 is 10.1 Å². The first kappa shape index (κ1) is 22.2. The van der Waals surface area contributed by atoms with E-state index in [4.69, 9.17) is 21.3 Å². The highest BCUT2D eigenvalue weighted by Crippen LogP contribution is 2.31. The number of aliphatic imine (C=N–C) groups is 1. The predicted octanol–water partition coefficient (Wildman–Crippen LogP) is 6.06. The third-order valence-electron chi connectivity index (χ3n) is 5.30. The van der Waals surface area contributed by atoms with Gasteiger partial charge >= 0.3 is 0 Å². The molecule has 164 valence electrons. The third-order valence-corrected chi connectivity index (χ3v) is 6.64. The van der Waals surface area contributed by atoms with Crippen molar-refractivity contribution in [3.05, 3.63) is 80.5 Å². The maximum absolute atomic E-state index is 13.0. The topological polar surface area (TPSA) is 67.8 Å². The molecular weight excluding hydrogens is 444 g/mol. The average molecular weight is 467 g/mol. The number of hydrogen-bond acceptors (Lipinski definition) is 5. The number of hydrogen-bond donors (Lipinski definition) is 1. The van der Waals surface area contributed by atoms with Crippen molar-refractivity contribution in [2.45, 2.75) is 32.2 Å². The van der Waals surface area contributed by atoms with E-state index < -0.39 is 0 Å². The lowest BCUT2D eigenvalue weighted by Crippen LogP contribution is -2.30. The number of carbonyl (C=O) groups is 2. The number of anilines is 1. The number of benzene rings is 2. The van der Waals surface area contributed by atoms with Crippen LogP contribution in [-0.2, 0) is 6.42 Å². The van der Waals surface area contributed by atoms with Crippen molar-refractivity contribution in [2.24, 2.45) is 4.99 Å². The zero-order chi connectivity index (χ0) is 22.9. The van der Waals surface area contributed by atoms with Gasteiger partial charge < -0.3 is 10.1 Å². The van der Waals surface area contributed by atoms with Gasteiger partial charge in [0.1, 0.15) is 10.6 Å². The summed E-state index contributed by atoms with van der Waals surface area (Å²) in [4.78, 5) is 30.7. The van der Waals surface area contributed by atoms with Crippen LogP contribution in [0.3, 0.4) is 0 Å². The van der Waals surface area contributed by atoms with Crippen molar-refractivity contribution < 1.29 is 14.3 Å². The van der Waals surface area contributed by atoms with Gasteiger partial charge in [-0.2, -0.15) is 0 Å². The largest absolute Gasteiger partial charge is 0.497 e. The molecule has 32 heavy (non-hydrogen) atoms. The zero-order valence-electron chi connectivity index (χ0n) is 18.1. The number of ether oxygens (including phenoxy) is 1. The maximum Gasteiger partial charge on any atom is 0.267 e. The fourth-order valence-corrected chi connectivity index (χ4v) is 4.84. The van der Waals surface area contributed by atoms with Gasteiger partial charge in [0, 0.05) is 16.8 Å². The molecule has 4 rings (SSSR count). The predicted molar refractivity (Wildman–Crippen MR) is 130 cm³/mol. The summed E-state index contributed by atoms with van der Waals surface area (Å²) >= 11 is 7.30. The molecule has 0 spiro atoms. The fraction of sp³-hybridized carbons (Fsp3) is 0.240. The second kappa shape index (κ2) is 8.88. The Morgan fingerprint density at radius 3 is 2.56 bits per heavy atom. The Morgan fingerprint density at radius 2 is 1.91 bits per heavy atom. The molecule has 1 aliphatic heterocycles. The zero-order valence-corrected chi connectivity index (χ0v) is 19.6. The average Bonchev–Trinajstić information content (AvgIpc) is 3.19.